The number of para-hydroxylation sites is 1. The number of nitrogens with zero attached hydrogens (tertiary/aromatic N) is 1. The molecule has 0 saturated carbocycles. The van der Waals surface area contributed by atoms with Gasteiger partial charge in [-0.2, -0.15) is 0 Å². The van der Waals surface area contributed by atoms with Crippen LogP contribution in [0.4, 0.5) is 5.69 Å². The molecule has 0 spiro atoms. The number of ether oxygens (including phenoxy) is 1. The van der Waals surface area contributed by atoms with Gasteiger partial charge in [-0.3, -0.25) is 9.59 Å². The lowest BCUT2D eigenvalue weighted by atomic mass is 10.1. The Morgan fingerprint density at radius 1 is 1.07 bits per heavy atom. The van der Waals surface area contributed by atoms with E-state index in [0.717, 1.165) is 16.5 Å². The number of rotatable bonds is 6. The number of nitrogens with one attached hydrogen (secondary N) is 1. The van der Waals surface area contributed by atoms with Crippen LogP contribution in [0.2, 0.25) is 0 Å². The van der Waals surface area contributed by atoms with Gasteiger partial charge in [0.25, 0.3) is 5.91 Å². The highest BCUT2D eigenvalue weighted by Crippen LogP contribution is 2.19. The summed E-state index contributed by atoms with van der Waals surface area (Å²) in [4.78, 5) is 37.7. The van der Waals surface area contributed by atoms with Gasteiger partial charge in [0.1, 0.15) is 5.58 Å². The molecule has 0 saturated heterocycles. The summed E-state index contributed by atoms with van der Waals surface area (Å²) in [5.74, 6) is -1.54. The first-order valence-corrected chi connectivity index (χ1v) is 9.10. The minimum Gasteiger partial charge on any atom is -0.450 e. The number of carbonyl (C=O) groups excluding carboxylic acids is 3. The monoisotopic (exact) mass is 394 g/mol. The lowest BCUT2D eigenvalue weighted by Gasteiger charge is -2.17. The summed E-state index contributed by atoms with van der Waals surface area (Å²) >= 11 is 0. The number of carbonyl (C=O) groups is 3. The Labute approximate surface area is 168 Å². The fourth-order valence-electron chi connectivity index (χ4n) is 2.75. The Morgan fingerprint density at radius 3 is 2.59 bits per heavy atom. The van der Waals surface area contributed by atoms with Crippen LogP contribution in [-0.2, 0) is 14.3 Å². The number of furan rings is 1. The summed E-state index contributed by atoms with van der Waals surface area (Å²) in [5.41, 5.74) is 3.21. The number of hydrogen-bond donors (Lipinski definition) is 1. The van der Waals surface area contributed by atoms with Crippen molar-refractivity contribution in [2.24, 2.45) is 0 Å². The zero-order valence-corrected chi connectivity index (χ0v) is 16.5. The van der Waals surface area contributed by atoms with Gasteiger partial charge in [-0.15, -0.1) is 0 Å². The smallest absolute Gasteiger partial charge is 0.374 e. The summed E-state index contributed by atoms with van der Waals surface area (Å²) in [7, 11) is 1.47. The van der Waals surface area contributed by atoms with Crippen molar-refractivity contribution in [2.45, 2.75) is 13.8 Å². The second kappa shape index (κ2) is 8.60. The Hall–Kier alpha value is -3.61. The molecule has 0 aliphatic rings. The van der Waals surface area contributed by atoms with Crippen molar-refractivity contribution in [3.05, 3.63) is 65.4 Å². The Morgan fingerprint density at radius 2 is 1.83 bits per heavy atom. The van der Waals surface area contributed by atoms with Gasteiger partial charge in [-0.1, -0.05) is 30.3 Å². The van der Waals surface area contributed by atoms with E-state index in [9.17, 15) is 14.4 Å². The predicted molar refractivity (Wildman–Crippen MR) is 109 cm³/mol. The first kappa shape index (κ1) is 20.1. The molecular weight excluding hydrogens is 372 g/mol. The SMILES string of the molecule is Cc1ccc(C)c(NC(=O)CN(C)C(=O)COC(=O)c2cc3ccccc3o2)c1. The van der Waals surface area contributed by atoms with E-state index in [1.807, 2.05) is 44.2 Å². The lowest BCUT2D eigenvalue weighted by Crippen LogP contribution is -2.37. The van der Waals surface area contributed by atoms with Gasteiger partial charge in [0.05, 0.1) is 6.54 Å². The molecule has 7 nitrogen and oxygen atoms in total. The Kier molecular flexibility index (Phi) is 5.97. The molecule has 0 fully saturated rings. The van der Waals surface area contributed by atoms with Gasteiger partial charge < -0.3 is 19.4 Å². The van der Waals surface area contributed by atoms with Crippen LogP contribution >= 0.6 is 0 Å². The molecule has 1 N–H and O–H groups in total. The zero-order valence-electron chi connectivity index (χ0n) is 16.5. The summed E-state index contributed by atoms with van der Waals surface area (Å²) in [6.45, 7) is 3.18. The molecule has 3 rings (SSSR count). The molecule has 0 atom stereocenters. The maximum atomic E-state index is 12.2. The van der Waals surface area contributed by atoms with Crippen LogP contribution in [0.3, 0.4) is 0 Å². The van der Waals surface area contributed by atoms with Crippen LogP contribution < -0.4 is 5.32 Å². The molecule has 1 heterocycles. The van der Waals surface area contributed by atoms with E-state index in [-0.39, 0.29) is 18.2 Å². The summed E-state index contributed by atoms with van der Waals surface area (Å²) in [6.07, 6.45) is 0. The molecule has 29 heavy (non-hydrogen) atoms. The van der Waals surface area contributed by atoms with E-state index in [4.69, 9.17) is 9.15 Å². The van der Waals surface area contributed by atoms with Crippen LogP contribution in [0.15, 0.2) is 52.9 Å². The molecule has 0 bridgehead atoms. The standard InChI is InChI=1S/C22H22N2O5/c1-14-8-9-15(2)17(10-14)23-20(25)12-24(3)21(26)13-28-22(27)19-11-16-6-4-5-7-18(16)29-19/h4-11H,12-13H2,1-3H3,(H,23,25). The normalized spacial score (nSPS) is 10.6. The number of anilines is 1. The average molecular weight is 394 g/mol. The number of amides is 2. The minimum absolute atomic E-state index is 0.0225. The topological polar surface area (TPSA) is 88.9 Å². The van der Waals surface area contributed by atoms with Crippen LogP contribution in [0.1, 0.15) is 21.7 Å². The highest BCUT2D eigenvalue weighted by molar-refractivity contribution is 5.96. The molecule has 150 valence electrons. The first-order valence-electron chi connectivity index (χ1n) is 9.10. The van der Waals surface area contributed by atoms with Crippen molar-refractivity contribution < 1.29 is 23.5 Å². The Balaban J connectivity index is 1.51. The van der Waals surface area contributed by atoms with Crippen molar-refractivity contribution in [2.75, 3.05) is 25.5 Å². The molecule has 0 aliphatic carbocycles. The molecule has 0 radical (unpaired) electrons. The van der Waals surface area contributed by atoms with Crippen molar-refractivity contribution in [1.29, 1.82) is 0 Å². The van der Waals surface area contributed by atoms with Gasteiger partial charge in [-0.25, -0.2) is 4.79 Å². The zero-order chi connectivity index (χ0) is 21.0. The first-order chi connectivity index (χ1) is 13.8. The van der Waals surface area contributed by atoms with Crippen LogP contribution in [0.25, 0.3) is 11.0 Å². The van der Waals surface area contributed by atoms with E-state index in [1.54, 1.807) is 18.2 Å². The fourth-order valence-corrected chi connectivity index (χ4v) is 2.75. The quantitative estimate of drug-likeness (QED) is 0.648. The van der Waals surface area contributed by atoms with E-state index < -0.39 is 18.5 Å². The van der Waals surface area contributed by atoms with Crippen LogP contribution in [-0.4, -0.2) is 42.9 Å². The van der Waals surface area contributed by atoms with Gasteiger partial charge in [0.2, 0.25) is 11.7 Å². The lowest BCUT2D eigenvalue weighted by molar-refractivity contribution is -0.136. The van der Waals surface area contributed by atoms with Gasteiger partial charge in [0, 0.05) is 18.1 Å². The molecule has 2 amide bonds. The van der Waals surface area contributed by atoms with Gasteiger partial charge in [0.15, 0.2) is 6.61 Å². The molecule has 7 heteroatoms. The minimum atomic E-state index is -0.734. The second-order valence-corrected chi connectivity index (χ2v) is 6.84. The molecule has 0 aliphatic heterocycles. The molecule has 3 aromatic rings. The number of esters is 1. The van der Waals surface area contributed by atoms with E-state index in [1.165, 1.54) is 11.9 Å². The number of fused-ring (bicyclic) bond motifs is 1. The molecule has 1 aromatic heterocycles. The highest BCUT2D eigenvalue weighted by atomic mass is 16.5. The van der Waals surface area contributed by atoms with Gasteiger partial charge in [-0.05, 0) is 43.2 Å². The largest absolute Gasteiger partial charge is 0.450 e. The molecule has 0 unspecified atom stereocenters. The number of likely N-dealkylation sites (N-methyl/N-ethyl adjacent to an activating group) is 1. The van der Waals surface area contributed by atoms with Crippen molar-refractivity contribution in [1.82, 2.24) is 4.90 Å². The third-order valence-electron chi connectivity index (χ3n) is 4.43. The third kappa shape index (κ3) is 5.01. The number of benzene rings is 2. The molecular formula is C22H22N2O5. The summed E-state index contributed by atoms with van der Waals surface area (Å²) in [6, 6.07) is 14.5. The van der Waals surface area contributed by atoms with Gasteiger partial charge >= 0.3 is 5.97 Å². The average Bonchev–Trinajstić information content (AvgIpc) is 3.13. The van der Waals surface area contributed by atoms with Crippen LogP contribution in [0, 0.1) is 13.8 Å². The summed E-state index contributed by atoms with van der Waals surface area (Å²) in [5, 5.41) is 3.56. The van der Waals surface area contributed by atoms with Crippen molar-refractivity contribution in [3.63, 3.8) is 0 Å². The van der Waals surface area contributed by atoms with Crippen molar-refractivity contribution >= 4 is 34.4 Å². The third-order valence-corrected chi connectivity index (χ3v) is 4.43. The van der Waals surface area contributed by atoms with E-state index in [2.05, 4.69) is 5.32 Å². The number of hydrogen-bond acceptors (Lipinski definition) is 5. The second-order valence-electron chi connectivity index (χ2n) is 6.84. The summed E-state index contributed by atoms with van der Waals surface area (Å²) < 4.78 is 10.4. The van der Waals surface area contributed by atoms with Crippen molar-refractivity contribution in [3.8, 4) is 0 Å². The maximum absolute atomic E-state index is 12.2. The fraction of sp³-hybridized carbons (Fsp3) is 0.227. The molecule has 2 aromatic carbocycles. The maximum Gasteiger partial charge on any atom is 0.374 e. The number of aryl methyl sites for hydroxylation is 2. The predicted octanol–water partition coefficient (Wildman–Crippen LogP) is 3.30. The Bertz CT molecular complexity index is 1040. The van der Waals surface area contributed by atoms with Crippen LogP contribution in [0.5, 0.6) is 0 Å². The highest BCUT2D eigenvalue weighted by Gasteiger charge is 2.18. The van der Waals surface area contributed by atoms with E-state index in [0.29, 0.717) is 11.3 Å². The van der Waals surface area contributed by atoms with E-state index >= 15 is 0 Å².